The van der Waals surface area contributed by atoms with Crippen LogP contribution in [0.2, 0.25) is 5.02 Å². The highest BCUT2D eigenvalue weighted by Gasteiger charge is 2.34. The van der Waals surface area contributed by atoms with Crippen LogP contribution >= 0.6 is 11.6 Å². The van der Waals surface area contributed by atoms with Crippen molar-refractivity contribution >= 4 is 29.2 Å². The van der Waals surface area contributed by atoms with Gasteiger partial charge in [0.25, 0.3) is 5.91 Å². The third kappa shape index (κ3) is 6.36. The van der Waals surface area contributed by atoms with Gasteiger partial charge in [0.05, 0.1) is 22.2 Å². The highest BCUT2D eigenvalue weighted by molar-refractivity contribution is 6.33. The molecule has 1 aromatic carbocycles. The van der Waals surface area contributed by atoms with Crippen LogP contribution in [-0.4, -0.2) is 18.0 Å². The Kier molecular flexibility index (Phi) is 7.25. The topological polar surface area (TPSA) is 55.4 Å². The third-order valence-corrected chi connectivity index (χ3v) is 5.83. The molecule has 1 N–H and O–H groups in total. The molecule has 1 fully saturated rings. The number of rotatable bonds is 4. The van der Waals surface area contributed by atoms with E-state index in [-0.39, 0.29) is 22.0 Å². The number of carbonyl (C=O) groups excluding carboxylic acids is 2. The number of benzene rings is 1. The quantitative estimate of drug-likeness (QED) is 0.585. The minimum atomic E-state index is -4.56. The second kappa shape index (κ2) is 8.94. The Labute approximate surface area is 174 Å². The molecule has 29 heavy (non-hydrogen) atoms. The first kappa shape index (κ1) is 23.5. The molecule has 0 spiro atoms. The van der Waals surface area contributed by atoms with Gasteiger partial charge in [0, 0.05) is 0 Å². The van der Waals surface area contributed by atoms with E-state index in [1.165, 1.54) is 6.92 Å². The first-order valence-corrected chi connectivity index (χ1v) is 10.0. The van der Waals surface area contributed by atoms with Gasteiger partial charge < -0.3 is 10.1 Å². The van der Waals surface area contributed by atoms with Crippen molar-refractivity contribution < 1.29 is 27.5 Å². The average Bonchev–Trinajstić information content (AvgIpc) is 2.61. The second-order valence-corrected chi connectivity index (χ2v) is 9.08. The lowest BCUT2D eigenvalue weighted by Gasteiger charge is -2.36. The molecule has 0 heterocycles. The number of carbonyl (C=O) groups is 2. The van der Waals surface area contributed by atoms with Gasteiger partial charge in [-0.25, -0.2) is 0 Å². The normalized spacial score (nSPS) is 21.4. The molecular weight excluding hydrogens is 407 g/mol. The van der Waals surface area contributed by atoms with Crippen LogP contribution in [0.4, 0.5) is 18.9 Å². The van der Waals surface area contributed by atoms with Gasteiger partial charge in [-0.15, -0.1) is 0 Å². The van der Waals surface area contributed by atoms with E-state index >= 15 is 0 Å². The molecule has 1 saturated carbocycles. The first-order chi connectivity index (χ1) is 13.3. The van der Waals surface area contributed by atoms with E-state index in [9.17, 15) is 22.8 Å². The molecule has 8 heteroatoms. The smallest absolute Gasteiger partial charge is 0.416 e. The number of alkyl halides is 3. The van der Waals surface area contributed by atoms with Crippen molar-refractivity contribution in [3.63, 3.8) is 0 Å². The summed E-state index contributed by atoms with van der Waals surface area (Å²) in [5.41, 5.74) is -0.927. The summed E-state index contributed by atoms with van der Waals surface area (Å²) in [6.45, 7) is 7.93. The van der Waals surface area contributed by atoms with Gasteiger partial charge in [-0.05, 0) is 62.1 Å². The highest BCUT2D eigenvalue weighted by atomic mass is 35.5. The molecule has 0 bridgehead atoms. The predicted molar refractivity (Wildman–Crippen MR) is 106 cm³/mol. The summed E-state index contributed by atoms with van der Waals surface area (Å²) in [5.74, 6) is -0.908. The third-order valence-electron chi connectivity index (χ3n) is 5.50. The number of hydrogen-bond donors (Lipinski definition) is 1. The van der Waals surface area contributed by atoms with Crippen molar-refractivity contribution in [3.05, 3.63) is 28.8 Å². The largest absolute Gasteiger partial charge is 0.452 e. The van der Waals surface area contributed by atoms with Gasteiger partial charge in [0.1, 0.15) is 0 Å². The van der Waals surface area contributed by atoms with Crippen LogP contribution in [0, 0.1) is 17.3 Å². The van der Waals surface area contributed by atoms with Gasteiger partial charge in [0.15, 0.2) is 6.10 Å². The lowest BCUT2D eigenvalue weighted by molar-refractivity contribution is -0.158. The molecule has 162 valence electrons. The Morgan fingerprint density at radius 1 is 1.14 bits per heavy atom. The maximum absolute atomic E-state index is 12.8. The summed E-state index contributed by atoms with van der Waals surface area (Å²) >= 11 is 5.88. The first-order valence-electron chi connectivity index (χ1n) is 9.67. The zero-order valence-corrected chi connectivity index (χ0v) is 17.8. The summed E-state index contributed by atoms with van der Waals surface area (Å²) < 4.78 is 43.8. The van der Waals surface area contributed by atoms with Crippen LogP contribution in [-0.2, 0) is 20.5 Å². The van der Waals surface area contributed by atoms with Crippen LogP contribution in [0.1, 0.15) is 58.9 Å². The summed E-state index contributed by atoms with van der Waals surface area (Å²) in [6, 6.07) is 2.64. The highest BCUT2D eigenvalue weighted by Crippen LogP contribution is 2.40. The van der Waals surface area contributed by atoms with Crippen molar-refractivity contribution in [2.45, 2.75) is 65.7 Å². The maximum Gasteiger partial charge on any atom is 0.416 e. The van der Waals surface area contributed by atoms with Crippen molar-refractivity contribution in [3.8, 4) is 0 Å². The SMILES string of the molecule is CC(OC(=O)C1CCC(C(C)(C)C)CC1)C(=O)Nc1cc(C(F)(F)F)ccc1Cl. The van der Waals surface area contributed by atoms with Crippen molar-refractivity contribution in [1.29, 1.82) is 0 Å². The summed E-state index contributed by atoms with van der Waals surface area (Å²) in [5, 5.41) is 2.27. The van der Waals surface area contributed by atoms with Crippen molar-refractivity contribution in [2.24, 2.45) is 17.3 Å². The van der Waals surface area contributed by atoms with E-state index in [0.29, 0.717) is 18.8 Å². The minimum Gasteiger partial charge on any atom is -0.452 e. The Hall–Kier alpha value is -1.76. The average molecular weight is 434 g/mol. The molecule has 4 nitrogen and oxygen atoms in total. The Bertz CT molecular complexity index is 751. The fourth-order valence-corrected chi connectivity index (χ4v) is 3.72. The fourth-order valence-electron chi connectivity index (χ4n) is 3.55. The predicted octanol–water partition coefficient (Wildman–Crippen LogP) is 6.08. The number of hydrogen-bond acceptors (Lipinski definition) is 3. The lowest BCUT2D eigenvalue weighted by atomic mass is 9.70. The molecule has 1 unspecified atom stereocenters. The van der Waals surface area contributed by atoms with Crippen molar-refractivity contribution in [2.75, 3.05) is 5.32 Å². The standard InChI is InChI=1S/C21H27ClF3NO3/c1-12(29-19(28)13-5-7-14(8-6-13)20(2,3)4)18(27)26-17-11-15(21(23,24)25)9-10-16(17)22/h9-14H,5-8H2,1-4H3,(H,26,27). The van der Waals surface area contributed by atoms with Gasteiger partial charge in [0.2, 0.25) is 0 Å². The molecule has 1 amide bonds. The van der Waals surface area contributed by atoms with E-state index in [0.717, 1.165) is 31.0 Å². The Morgan fingerprint density at radius 2 is 1.72 bits per heavy atom. The van der Waals surface area contributed by atoms with Gasteiger partial charge in [-0.1, -0.05) is 32.4 Å². The molecule has 0 radical (unpaired) electrons. The maximum atomic E-state index is 12.8. The van der Waals surface area contributed by atoms with Gasteiger partial charge in [-0.3, -0.25) is 9.59 Å². The monoisotopic (exact) mass is 433 g/mol. The molecule has 0 saturated heterocycles. The Morgan fingerprint density at radius 3 is 2.24 bits per heavy atom. The number of esters is 1. The molecule has 0 aliphatic heterocycles. The van der Waals surface area contributed by atoms with E-state index in [2.05, 4.69) is 26.1 Å². The minimum absolute atomic E-state index is 0.0367. The van der Waals surface area contributed by atoms with Crippen LogP contribution in [0.3, 0.4) is 0 Å². The summed E-state index contributed by atoms with van der Waals surface area (Å²) in [4.78, 5) is 24.7. The number of halogens is 4. The van der Waals surface area contributed by atoms with E-state index in [1.54, 1.807) is 0 Å². The van der Waals surface area contributed by atoms with Crippen LogP contribution in [0.15, 0.2) is 18.2 Å². The van der Waals surface area contributed by atoms with Gasteiger partial charge >= 0.3 is 12.1 Å². The number of ether oxygens (including phenoxy) is 1. The second-order valence-electron chi connectivity index (χ2n) is 8.68. The number of amides is 1. The zero-order valence-electron chi connectivity index (χ0n) is 17.0. The fraction of sp³-hybridized carbons (Fsp3) is 0.619. The summed E-state index contributed by atoms with van der Waals surface area (Å²) in [7, 11) is 0. The molecule has 2 rings (SSSR count). The number of anilines is 1. The molecular formula is C21H27ClF3NO3. The van der Waals surface area contributed by atoms with Crippen LogP contribution < -0.4 is 5.32 Å². The molecule has 1 aliphatic carbocycles. The van der Waals surface area contributed by atoms with E-state index < -0.39 is 29.7 Å². The molecule has 1 aliphatic rings. The Balaban J connectivity index is 1.94. The van der Waals surface area contributed by atoms with Crippen molar-refractivity contribution in [1.82, 2.24) is 0 Å². The molecule has 0 aromatic heterocycles. The molecule has 1 atom stereocenters. The van der Waals surface area contributed by atoms with Crippen LogP contribution in [0.25, 0.3) is 0 Å². The van der Waals surface area contributed by atoms with Gasteiger partial charge in [-0.2, -0.15) is 13.2 Å². The molecule has 1 aromatic rings. The van der Waals surface area contributed by atoms with Crippen LogP contribution in [0.5, 0.6) is 0 Å². The summed E-state index contributed by atoms with van der Waals surface area (Å²) in [6.07, 6.45) is -2.46. The zero-order chi connectivity index (χ0) is 22.0. The van der Waals surface area contributed by atoms with E-state index in [4.69, 9.17) is 16.3 Å². The van der Waals surface area contributed by atoms with E-state index in [1.807, 2.05) is 0 Å². The lowest BCUT2D eigenvalue weighted by Crippen LogP contribution is -2.34. The number of nitrogens with one attached hydrogen (secondary N) is 1.